The van der Waals surface area contributed by atoms with Crippen LogP contribution in [0.15, 0.2) is 24.3 Å². The standard InChI is InChI=1S/C17H22ClN3O3/c1-4-5-11(2)19-14(22)10-21-15(23)17(3,20-16(21)24)12-6-8-13(18)9-7-12/h6-9,11H,4-5,10H2,1-3H3,(H,19,22)(H,20,24)/t11-,17+/m0/s1. The normalized spacial score (nSPS) is 21.6. The van der Waals surface area contributed by atoms with Crippen LogP contribution in [0.5, 0.6) is 0 Å². The van der Waals surface area contributed by atoms with Gasteiger partial charge in [-0.3, -0.25) is 14.5 Å². The van der Waals surface area contributed by atoms with E-state index in [9.17, 15) is 14.4 Å². The molecule has 0 aromatic heterocycles. The maximum atomic E-state index is 12.7. The van der Waals surface area contributed by atoms with E-state index in [0.717, 1.165) is 17.7 Å². The Morgan fingerprint density at radius 1 is 1.33 bits per heavy atom. The van der Waals surface area contributed by atoms with Crippen molar-refractivity contribution < 1.29 is 14.4 Å². The van der Waals surface area contributed by atoms with Crippen LogP contribution in [0.25, 0.3) is 0 Å². The van der Waals surface area contributed by atoms with Crippen molar-refractivity contribution in [1.29, 1.82) is 0 Å². The van der Waals surface area contributed by atoms with Crippen LogP contribution in [0.3, 0.4) is 0 Å². The molecule has 2 N–H and O–H groups in total. The van der Waals surface area contributed by atoms with E-state index in [0.29, 0.717) is 10.6 Å². The number of hydrogen-bond donors (Lipinski definition) is 2. The van der Waals surface area contributed by atoms with Crippen LogP contribution in [0.4, 0.5) is 4.79 Å². The molecule has 1 aromatic carbocycles. The minimum atomic E-state index is -1.20. The van der Waals surface area contributed by atoms with E-state index in [1.54, 1.807) is 31.2 Å². The number of nitrogens with one attached hydrogen (secondary N) is 2. The molecule has 7 heteroatoms. The largest absolute Gasteiger partial charge is 0.352 e. The molecule has 0 spiro atoms. The third-order valence-electron chi connectivity index (χ3n) is 4.13. The van der Waals surface area contributed by atoms with Gasteiger partial charge < -0.3 is 10.6 Å². The zero-order valence-electron chi connectivity index (χ0n) is 14.1. The second-order valence-electron chi connectivity index (χ2n) is 6.21. The van der Waals surface area contributed by atoms with Gasteiger partial charge in [0.05, 0.1) is 0 Å². The number of amides is 4. The molecule has 2 rings (SSSR count). The summed E-state index contributed by atoms with van der Waals surface area (Å²) in [6.07, 6.45) is 1.79. The molecule has 1 heterocycles. The molecule has 0 aliphatic carbocycles. The Hall–Kier alpha value is -2.08. The fraction of sp³-hybridized carbons (Fsp3) is 0.471. The van der Waals surface area contributed by atoms with Crippen LogP contribution < -0.4 is 10.6 Å². The number of imide groups is 1. The first kappa shape index (κ1) is 18.3. The Bertz CT molecular complexity index is 647. The van der Waals surface area contributed by atoms with Crippen LogP contribution in [0.2, 0.25) is 5.02 Å². The SMILES string of the molecule is CCC[C@H](C)NC(=O)CN1C(=O)N[C@](C)(c2ccc(Cl)cc2)C1=O. The molecule has 24 heavy (non-hydrogen) atoms. The number of carbonyl (C=O) groups excluding carboxylic acids is 3. The van der Waals surface area contributed by atoms with Crippen molar-refractivity contribution in [3.63, 3.8) is 0 Å². The summed E-state index contributed by atoms with van der Waals surface area (Å²) in [5.74, 6) is -0.798. The Kier molecular flexibility index (Phi) is 5.49. The smallest absolute Gasteiger partial charge is 0.325 e. The zero-order chi connectivity index (χ0) is 17.9. The molecule has 1 aliphatic heterocycles. The van der Waals surface area contributed by atoms with Gasteiger partial charge in [0.25, 0.3) is 5.91 Å². The molecule has 1 aromatic rings. The van der Waals surface area contributed by atoms with E-state index in [1.807, 2.05) is 13.8 Å². The average molecular weight is 352 g/mol. The Morgan fingerprint density at radius 3 is 2.54 bits per heavy atom. The van der Waals surface area contributed by atoms with E-state index in [4.69, 9.17) is 11.6 Å². The van der Waals surface area contributed by atoms with E-state index >= 15 is 0 Å². The van der Waals surface area contributed by atoms with Gasteiger partial charge in [0, 0.05) is 11.1 Å². The summed E-state index contributed by atoms with van der Waals surface area (Å²) in [6.45, 7) is 5.25. The monoisotopic (exact) mass is 351 g/mol. The van der Waals surface area contributed by atoms with Gasteiger partial charge in [0.15, 0.2) is 0 Å². The predicted molar refractivity (Wildman–Crippen MR) is 91.6 cm³/mol. The molecule has 0 bridgehead atoms. The maximum absolute atomic E-state index is 12.7. The third kappa shape index (κ3) is 3.70. The molecular formula is C17H22ClN3O3. The van der Waals surface area contributed by atoms with Gasteiger partial charge in [-0.25, -0.2) is 4.79 Å². The topological polar surface area (TPSA) is 78.5 Å². The second-order valence-corrected chi connectivity index (χ2v) is 6.65. The summed E-state index contributed by atoms with van der Waals surface area (Å²) in [4.78, 5) is 37.9. The van der Waals surface area contributed by atoms with Gasteiger partial charge in [0.2, 0.25) is 5.91 Å². The lowest BCUT2D eigenvalue weighted by molar-refractivity contribution is -0.135. The molecule has 1 aliphatic rings. The summed E-state index contributed by atoms with van der Waals surface area (Å²) in [7, 11) is 0. The minimum absolute atomic E-state index is 0.00548. The lowest BCUT2D eigenvalue weighted by Gasteiger charge is -2.22. The van der Waals surface area contributed by atoms with Gasteiger partial charge in [-0.05, 0) is 38.0 Å². The van der Waals surface area contributed by atoms with Crippen LogP contribution in [0.1, 0.15) is 39.2 Å². The Balaban J connectivity index is 2.11. The quantitative estimate of drug-likeness (QED) is 0.772. The number of halogens is 1. The van der Waals surface area contributed by atoms with E-state index < -0.39 is 17.5 Å². The van der Waals surface area contributed by atoms with Gasteiger partial charge >= 0.3 is 6.03 Å². The summed E-state index contributed by atoms with van der Waals surface area (Å²) >= 11 is 5.86. The molecule has 0 saturated carbocycles. The molecule has 1 fully saturated rings. The van der Waals surface area contributed by atoms with Crippen molar-refractivity contribution >= 4 is 29.4 Å². The Morgan fingerprint density at radius 2 is 1.96 bits per heavy atom. The average Bonchev–Trinajstić information content (AvgIpc) is 2.72. The lowest BCUT2D eigenvalue weighted by atomic mass is 9.92. The first-order valence-corrected chi connectivity index (χ1v) is 8.35. The maximum Gasteiger partial charge on any atom is 0.325 e. The highest BCUT2D eigenvalue weighted by atomic mass is 35.5. The zero-order valence-corrected chi connectivity index (χ0v) is 14.8. The lowest BCUT2D eigenvalue weighted by Crippen LogP contribution is -2.44. The molecule has 0 unspecified atom stereocenters. The van der Waals surface area contributed by atoms with Crippen LogP contribution >= 0.6 is 11.6 Å². The van der Waals surface area contributed by atoms with Crippen molar-refractivity contribution in [2.75, 3.05) is 6.54 Å². The number of rotatable bonds is 6. The van der Waals surface area contributed by atoms with Crippen molar-refractivity contribution in [2.24, 2.45) is 0 Å². The van der Waals surface area contributed by atoms with E-state index in [-0.39, 0.29) is 18.5 Å². The first-order valence-electron chi connectivity index (χ1n) is 7.97. The number of nitrogens with zero attached hydrogens (tertiary/aromatic N) is 1. The highest BCUT2D eigenvalue weighted by molar-refractivity contribution is 6.30. The minimum Gasteiger partial charge on any atom is -0.352 e. The summed E-state index contributed by atoms with van der Waals surface area (Å²) < 4.78 is 0. The summed E-state index contributed by atoms with van der Waals surface area (Å²) in [5.41, 5.74) is -0.579. The summed E-state index contributed by atoms with van der Waals surface area (Å²) in [6, 6.07) is 6.12. The fourth-order valence-electron chi connectivity index (χ4n) is 2.79. The molecule has 0 radical (unpaired) electrons. The highest BCUT2D eigenvalue weighted by Crippen LogP contribution is 2.29. The van der Waals surface area contributed by atoms with Crippen molar-refractivity contribution in [2.45, 2.75) is 45.2 Å². The molecule has 6 nitrogen and oxygen atoms in total. The fourth-order valence-corrected chi connectivity index (χ4v) is 2.91. The van der Waals surface area contributed by atoms with Crippen molar-refractivity contribution in [3.05, 3.63) is 34.9 Å². The third-order valence-corrected chi connectivity index (χ3v) is 4.38. The van der Waals surface area contributed by atoms with Crippen LogP contribution in [-0.2, 0) is 15.1 Å². The number of hydrogen-bond acceptors (Lipinski definition) is 3. The number of carbonyl (C=O) groups is 3. The molecule has 1 saturated heterocycles. The summed E-state index contributed by atoms with van der Waals surface area (Å²) in [5, 5.41) is 6.00. The van der Waals surface area contributed by atoms with E-state index in [1.165, 1.54) is 0 Å². The Labute approximate surface area is 146 Å². The molecular weight excluding hydrogens is 330 g/mol. The molecule has 4 amide bonds. The van der Waals surface area contributed by atoms with Crippen LogP contribution in [0, 0.1) is 0 Å². The molecule has 130 valence electrons. The van der Waals surface area contributed by atoms with Gasteiger partial charge in [-0.15, -0.1) is 0 Å². The van der Waals surface area contributed by atoms with Gasteiger partial charge in [0.1, 0.15) is 12.1 Å². The van der Waals surface area contributed by atoms with E-state index in [2.05, 4.69) is 10.6 Å². The van der Waals surface area contributed by atoms with Gasteiger partial charge in [-0.2, -0.15) is 0 Å². The van der Waals surface area contributed by atoms with Crippen molar-refractivity contribution in [3.8, 4) is 0 Å². The predicted octanol–water partition coefficient (Wildman–Crippen LogP) is 2.41. The highest BCUT2D eigenvalue weighted by Gasteiger charge is 2.49. The number of benzene rings is 1. The second kappa shape index (κ2) is 7.21. The number of urea groups is 1. The first-order chi connectivity index (χ1) is 11.3. The van der Waals surface area contributed by atoms with Crippen molar-refractivity contribution in [1.82, 2.24) is 15.5 Å². The molecule has 2 atom stereocenters. The van der Waals surface area contributed by atoms with Crippen LogP contribution in [-0.4, -0.2) is 35.3 Å². The van der Waals surface area contributed by atoms with Gasteiger partial charge in [-0.1, -0.05) is 37.1 Å².